The monoisotopic (exact) mass is 1050 g/mol. The number of unbranched alkanes of at least 4 members (excludes halogenated alkanes) is 45. The highest BCUT2D eigenvalue weighted by Crippen LogP contribution is 2.23. The van der Waals surface area contributed by atoms with Crippen LogP contribution in [0.5, 0.6) is 0 Å². The molecule has 74 heavy (non-hydrogen) atoms. The summed E-state index contributed by atoms with van der Waals surface area (Å²) in [5.41, 5.74) is 0. The first-order valence-electron chi connectivity index (χ1n) is 32.6. The number of amides is 1. The first kappa shape index (κ1) is 70.7. The molecule has 0 spiro atoms. The molecule has 0 aromatic carbocycles. The average molecular weight is 1050 g/mol. The van der Waals surface area contributed by atoms with Crippen molar-refractivity contribution in [1.82, 2.24) is 5.32 Å². The van der Waals surface area contributed by atoms with Gasteiger partial charge in [-0.15, -0.1) is 0 Å². The Hall–Kier alpha value is -1.33. The molecule has 0 saturated carbocycles. The number of carbonyl (C=O) groups is 1. The fourth-order valence-electron chi connectivity index (χ4n) is 10.6. The fourth-order valence-corrected chi connectivity index (χ4v) is 10.6. The topological polar surface area (TPSA) is 149 Å². The zero-order valence-corrected chi connectivity index (χ0v) is 48.9. The van der Waals surface area contributed by atoms with E-state index in [1.165, 1.54) is 270 Å². The number of ether oxygens (including phenoxy) is 2. The molecule has 9 heteroatoms. The summed E-state index contributed by atoms with van der Waals surface area (Å²) in [6.45, 7) is 3.82. The standard InChI is InChI=1S/C65H125NO8/c1-3-5-7-9-11-13-15-17-19-21-23-24-25-26-27-28-29-30-31-32-33-34-35-37-38-40-42-44-46-48-50-52-54-59(68)58(57-73-65-64(72)63(71)62(70)60(56-67)74-65)66-61(69)55-53-51-49-47-45-43-41-39-36-22-20-18-16-14-12-10-8-6-4-2/h18,20,52,54,58-60,62-65,67-68,70-72H,3-17,19,21-51,53,55-57H2,1-2H3,(H,66,69)/b20-18-,54-52+. The van der Waals surface area contributed by atoms with Crippen LogP contribution in [0, 0.1) is 0 Å². The lowest BCUT2D eigenvalue weighted by Gasteiger charge is -2.40. The number of aliphatic hydroxyl groups excluding tert-OH is 5. The van der Waals surface area contributed by atoms with Gasteiger partial charge in [0, 0.05) is 6.42 Å². The van der Waals surface area contributed by atoms with E-state index in [1.54, 1.807) is 6.08 Å². The molecule has 7 unspecified atom stereocenters. The first-order valence-corrected chi connectivity index (χ1v) is 32.6. The first-order chi connectivity index (χ1) is 36.3. The zero-order valence-electron chi connectivity index (χ0n) is 48.9. The molecule has 7 atom stereocenters. The molecule has 0 aromatic rings. The Labute approximate surface area is 458 Å². The summed E-state index contributed by atoms with van der Waals surface area (Å²) in [4.78, 5) is 13.1. The van der Waals surface area contributed by atoms with E-state index in [4.69, 9.17) is 9.47 Å². The van der Waals surface area contributed by atoms with Crippen LogP contribution in [-0.2, 0) is 14.3 Å². The molecule has 1 heterocycles. The number of carbonyl (C=O) groups excluding carboxylic acids is 1. The predicted octanol–water partition coefficient (Wildman–Crippen LogP) is 16.9. The molecular formula is C65H125NO8. The van der Waals surface area contributed by atoms with E-state index in [0.29, 0.717) is 6.42 Å². The van der Waals surface area contributed by atoms with Crippen LogP contribution in [0.4, 0.5) is 0 Å². The second-order valence-electron chi connectivity index (χ2n) is 22.9. The van der Waals surface area contributed by atoms with Gasteiger partial charge in [0.05, 0.1) is 25.4 Å². The van der Waals surface area contributed by atoms with Crippen molar-refractivity contribution in [2.45, 2.75) is 371 Å². The Morgan fingerprint density at radius 2 is 0.757 bits per heavy atom. The summed E-state index contributed by atoms with van der Waals surface area (Å²) in [6.07, 6.45) is 64.1. The van der Waals surface area contributed by atoms with Crippen LogP contribution >= 0.6 is 0 Å². The van der Waals surface area contributed by atoms with Crippen molar-refractivity contribution in [3.8, 4) is 0 Å². The van der Waals surface area contributed by atoms with E-state index in [9.17, 15) is 30.3 Å². The average Bonchev–Trinajstić information content (AvgIpc) is 3.40. The molecule has 1 amide bonds. The molecule has 6 N–H and O–H groups in total. The van der Waals surface area contributed by atoms with Gasteiger partial charge in [0.25, 0.3) is 0 Å². The van der Waals surface area contributed by atoms with E-state index < -0.39 is 49.5 Å². The Morgan fingerprint density at radius 1 is 0.446 bits per heavy atom. The van der Waals surface area contributed by atoms with Gasteiger partial charge in [-0.3, -0.25) is 4.79 Å². The van der Waals surface area contributed by atoms with Gasteiger partial charge < -0.3 is 40.3 Å². The third kappa shape index (κ3) is 43.6. The van der Waals surface area contributed by atoms with Crippen LogP contribution in [0.2, 0.25) is 0 Å². The van der Waals surface area contributed by atoms with Crippen LogP contribution in [-0.4, -0.2) is 87.5 Å². The largest absolute Gasteiger partial charge is 0.394 e. The van der Waals surface area contributed by atoms with E-state index >= 15 is 0 Å². The quantitative estimate of drug-likeness (QED) is 0.0261. The highest BCUT2D eigenvalue weighted by atomic mass is 16.7. The Balaban J connectivity index is 2.13. The number of hydrogen-bond donors (Lipinski definition) is 6. The normalized spacial score (nSPS) is 19.0. The molecular weight excluding hydrogens is 923 g/mol. The lowest BCUT2D eigenvalue weighted by atomic mass is 9.99. The molecule has 0 aliphatic carbocycles. The van der Waals surface area contributed by atoms with Crippen LogP contribution in [0.1, 0.15) is 328 Å². The summed E-state index contributed by atoms with van der Waals surface area (Å²) in [7, 11) is 0. The molecule has 1 aliphatic heterocycles. The van der Waals surface area contributed by atoms with Gasteiger partial charge in [0.2, 0.25) is 5.91 Å². The van der Waals surface area contributed by atoms with Gasteiger partial charge in [-0.1, -0.05) is 301 Å². The van der Waals surface area contributed by atoms with Crippen LogP contribution in [0.15, 0.2) is 24.3 Å². The summed E-state index contributed by atoms with van der Waals surface area (Å²) in [6, 6.07) is -0.805. The van der Waals surface area contributed by atoms with Gasteiger partial charge in [0.1, 0.15) is 24.4 Å². The van der Waals surface area contributed by atoms with Gasteiger partial charge in [-0.2, -0.15) is 0 Å². The van der Waals surface area contributed by atoms with Crippen LogP contribution in [0.3, 0.4) is 0 Å². The Morgan fingerprint density at radius 3 is 1.09 bits per heavy atom. The van der Waals surface area contributed by atoms with E-state index in [0.717, 1.165) is 38.5 Å². The molecule has 9 nitrogen and oxygen atoms in total. The minimum Gasteiger partial charge on any atom is -0.394 e. The summed E-state index contributed by atoms with van der Waals surface area (Å²) >= 11 is 0. The van der Waals surface area contributed by atoms with Gasteiger partial charge in [-0.25, -0.2) is 0 Å². The van der Waals surface area contributed by atoms with E-state index in [1.807, 2.05) is 6.08 Å². The van der Waals surface area contributed by atoms with Gasteiger partial charge in [-0.05, 0) is 44.9 Å². The molecule has 1 rings (SSSR count). The van der Waals surface area contributed by atoms with Crippen molar-refractivity contribution in [1.29, 1.82) is 0 Å². The number of nitrogens with one attached hydrogen (secondary N) is 1. The molecule has 0 bridgehead atoms. The smallest absolute Gasteiger partial charge is 0.220 e. The van der Waals surface area contributed by atoms with Crippen molar-refractivity contribution < 1.29 is 39.8 Å². The minimum atomic E-state index is -1.57. The van der Waals surface area contributed by atoms with Crippen LogP contribution < -0.4 is 5.32 Å². The van der Waals surface area contributed by atoms with Crippen molar-refractivity contribution in [2.75, 3.05) is 13.2 Å². The third-order valence-electron chi connectivity index (χ3n) is 15.8. The summed E-state index contributed by atoms with van der Waals surface area (Å²) < 4.78 is 11.3. The SMILES string of the molecule is CCCCCCCC/C=C\CCCCCCCCCCCC(=O)NC(COC1OC(CO)C(O)C(O)C1O)C(O)/C=C/CCCCCCCCCCCCCCCCCCCCCCCCCCCCCCCC. The zero-order chi connectivity index (χ0) is 53.6. The maximum Gasteiger partial charge on any atom is 0.220 e. The number of hydrogen-bond acceptors (Lipinski definition) is 8. The molecule has 1 aliphatic rings. The van der Waals surface area contributed by atoms with Crippen LogP contribution in [0.25, 0.3) is 0 Å². The molecule has 0 aromatic heterocycles. The lowest BCUT2D eigenvalue weighted by molar-refractivity contribution is -0.302. The van der Waals surface area contributed by atoms with E-state index in [2.05, 4.69) is 31.3 Å². The Bertz CT molecular complexity index is 1210. The molecule has 1 fully saturated rings. The maximum atomic E-state index is 13.1. The van der Waals surface area contributed by atoms with Gasteiger partial charge >= 0.3 is 0 Å². The third-order valence-corrected chi connectivity index (χ3v) is 15.8. The van der Waals surface area contributed by atoms with Crippen molar-refractivity contribution in [3.05, 3.63) is 24.3 Å². The van der Waals surface area contributed by atoms with E-state index in [-0.39, 0.29) is 12.5 Å². The Kier molecular flexibility index (Phi) is 52.5. The molecule has 1 saturated heterocycles. The second kappa shape index (κ2) is 55.0. The van der Waals surface area contributed by atoms with Crippen molar-refractivity contribution in [3.63, 3.8) is 0 Å². The highest BCUT2D eigenvalue weighted by Gasteiger charge is 2.44. The fraction of sp³-hybridized carbons (Fsp3) is 0.923. The lowest BCUT2D eigenvalue weighted by Crippen LogP contribution is -2.60. The maximum absolute atomic E-state index is 13.1. The second-order valence-corrected chi connectivity index (χ2v) is 22.9. The number of allylic oxidation sites excluding steroid dienone is 3. The molecule has 438 valence electrons. The minimum absolute atomic E-state index is 0.174. The number of aliphatic hydroxyl groups is 5. The summed E-state index contributed by atoms with van der Waals surface area (Å²) in [5, 5.41) is 54.6. The van der Waals surface area contributed by atoms with Gasteiger partial charge in [0.15, 0.2) is 6.29 Å². The predicted molar refractivity (Wildman–Crippen MR) is 314 cm³/mol. The molecule has 0 radical (unpaired) electrons. The van der Waals surface area contributed by atoms with Crippen molar-refractivity contribution >= 4 is 5.91 Å². The highest BCUT2D eigenvalue weighted by molar-refractivity contribution is 5.76. The number of rotatable bonds is 57. The summed E-state index contributed by atoms with van der Waals surface area (Å²) in [5.74, 6) is -0.174. The van der Waals surface area contributed by atoms with Crippen molar-refractivity contribution in [2.24, 2.45) is 0 Å².